The molecule has 25 heavy (non-hydrogen) atoms. The number of hydrogen-bond donors (Lipinski definition) is 3. The van der Waals surface area contributed by atoms with Crippen LogP contribution in [0.3, 0.4) is 0 Å². The molecule has 0 spiro atoms. The van der Waals surface area contributed by atoms with Crippen LogP contribution in [0.15, 0.2) is 55.1 Å². The third kappa shape index (κ3) is 4.74. The smallest absolute Gasteiger partial charge is 0.319 e. The monoisotopic (exact) mass is 341 g/mol. The number of urea groups is 1. The third-order valence-corrected chi connectivity index (χ3v) is 3.19. The Morgan fingerprint density at radius 3 is 2.88 bits per heavy atom. The molecule has 3 rings (SSSR count). The van der Waals surface area contributed by atoms with Gasteiger partial charge in [-0.3, -0.25) is 0 Å². The van der Waals surface area contributed by atoms with Gasteiger partial charge in [0.2, 0.25) is 0 Å². The van der Waals surface area contributed by atoms with Gasteiger partial charge in [0.05, 0.1) is 0 Å². The Balaban J connectivity index is 1.44. The lowest BCUT2D eigenvalue weighted by atomic mass is 10.3. The van der Waals surface area contributed by atoms with E-state index in [4.69, 9.17) is 0 Å². The van der Waals surface area contributed by atoms with Crippen molar-refractivity contribution in [1.29, 1.82) is 0 Å². The molecule has 8 nitrogen and oxygen atoms in total. The number of halogens is 1. The Morgan fingerprint density at radius 1 is 1.16 bits per heavy atom. The summed E-state index contributed by atoms with van der Waals surface area (Å²) < 4.78 is 14.7. The standard InChI is InChI=1S/C16H16FN7O/c17-12-3-1-4-13(9-12)23-16(25)19-7-6-18-14-10-15(21-11-20-14)24-8-2-5-22-24/h1-5,8-11H,6-7H2,(H,18,20,21)(H2,19,23,25). The highest BCUT2D eigenvalue weighted by Gasteiger charge is 2.03. The molecule has 3 N–H and O–H groups in total. The molecule has 0 saturated carbocycles. The first kappa shape index (κ1) is 16.4. The number of nitrogens with zero attached hydrogens (tertiary/aromatic N) is 4. The fourth-order valence-electron chi connectivity index (χ4n) is 2.08. The molecule has 0 fully saturated rings. The summed E-state index contributed by atoms with van der Waals surface area (Å²) in [6.45, 7) is 0.828. The van der Waals surface area contributed by atoms with Gasteiger partial charge >= 0.3 is 6.03 Å². The van der Waals surface area contributed by atoms with E-state index in [0.717, 1.165) is 0 Å². The van der Waals surface area contributed by atoms with Gasteiger partial charge in [0, 0.05) is 37.2 Å². The topological polar surface area (TPSA) is 96.8 Å². The SMILES string of the molecule is O=C(NCCNc1cc(-n2cccn2)ncn1)Nc1cccc(F)c1. The van der Waals surface area contributed by atoms with Gasteiger partial charge < -0.3 is 16.0 Å². The molecule has 128 valence electrons. The average molecular weight is 341 g/mol. The normalized spacial score (nSPS) is 10.3. The summed E-state index contributed by atoms with van der Waals surface area (Å²) in [6, 6.07) is 8.84. The molecule has 0 aliphatic heterocycles. The van der Waals surface area contributed by atoms with E-state index in [9.17, 15) is 9.18 Å². The van der Waals surface area contributed by atoms with Crippen LogP contribution in [0.4, 0.5) is 20.7 Å². The van der Waals surface area contributed by atoms with Crippen molar-refractivity contribution < 1.29 is 9.18 Å². The van der Waals surface area contributed by atoms with Crippen molar-refractivity contribution >= 4 is 17.5 Å². The number of nitrogens with one attached hydrogen (secondary N) is 3. The Morgan fingerprint density at radius 2 is 2.08 bits per heavy atom. The van der Waals surface area contributed by atoms with Crippen LogP contribution in [-0.2, 0) is 0 Å². The molecule has 1 aromatic carbocycles. The minimum absolute atomic E-state index is 0.363. The molecule has 2 aromatic heterocycles. The number of aromatic nitrogens is 4. The predicted octanol–water partition coefficient (Wildman–Crippen LogP) is 2.03. The largest absolute Gasteiger partial charge is 0.368 e. The lowest BCUT2D eigenvalue weighted by molar-refractivity contribution is 0.252. The molecule has 3 aromatic rings. The van der Waals surface area contributed by atoms with Crippen LogP contribution in [0.2, 0.25) is 0 Å². The van der Waals surface area contributed by atoms with Crippen molar-refractivity contribution in [2.45, 2.75) is 0 Å². The van der Waals surface area contributed by atoms with Crippen LogP contribution < -0.4 is 16.0 Å². The highest BCUT2D eigenvalue weighted by molar-refractivity contribution is 5.89. The predicted molar refractivity (Wildman–Crippen MR) is 91.1 cm³/mol. The maximum absolute atomic E-state index is 13.0. The van der Waals surface area contributed by atoms with Crippen LogP contribution in [0.25, 0.3) is 5.82 Å². The zero-order chi connectivity index (χ0) is 17.5. The molecular formula is C16H16FN7O. The molecule has 9 heteroatoms. The van der Waals surface area contributed by atoms with Crippen LogP contribution in [0.5, 0.6) is 0 Å². The molecule has 0 radical (unpaired) electrons. The maximum atomic E-state index is 13.0. The maximum Gasteiger partial charge on any atom is 0.319 e. The second-order valence-corrected chi connectivity index (χ2v) is 5.03. The fourth-order valence-corrected chi connectivity index (χ4v) is 2.08. The summed E-state index contributed by atoms with van der Waals surface area (Å²) in [7, 11) is 0. The Bertz CT molecular complexity index is 838. The van der Waals surface area contributed by atoms with Crippen molar-refractivity contribution in [1.82, 2.24) is 25.1 Å². The number of benzene rings is 1. The van der Waals surface area contributed by atoms with Crippen molar-refractivity contribution in [3.05, 3.63) is 60.9 Å². The summed E-state index contributed by atoms with van der Waals surface area (Å²) >= 11 is 0. The van der Waals surface area contributed by atoms with E-state index in [1.807, 2.05) is 0 Å². The van der Waals surface area contributed by atoms with E-state index in [1.165, 1.54) is 24.5 Å². The first-order chi connectivity index (χ1) is 12.2. The van der Waals surface area contributed by atoms with Crippen molar-refractivity contribution in [3.8, 4) is 5.82 Å². The summed E-state index contributed by atoms with van der Waals surface area (Å²) in [5, 5.41) is 12.4. The highest BCUT2D eigenvalue weighted by Crippen LogP contribution is 2.09. The second kappa shape index (κ2) is 7.86. The van der Waals surface area contributed by atoms with Crippen molar-refractivity contribution in [2.75, 3.05) is 23.7 Å². The van der Waals surface area contributed by atoms with Crippen LogP contribution in [0, 0.1) is 5.82 Å². The minimum Gasteiger partial charge on any atom is -0.368 e. The third-order valence-electron chi connectivity index (χ3n) is 3.19. The van der Waals surface area contributed by atoms with E-state index >= 15 is 0 Å². The molecule has 0 atom stereocenters. The number of anilines is 2. The van der Waals surface area contributed by atoms with Crippen LogP contribution in [-0.4, -0.2) is 38.9 Å². The number of carbonyl (C=O) groups excluding carboxylic acids is 1. The molecule has 0 unspecified atom stereocenters. The Hall–Kier alpha value is -3.49. The van der Waals surface area contributed by atoms with E-state index in [-0.39, 0.29) is 0 Å². The average Bonchev–Trinajstić information content (AvgIpc) is 3.14. The molecule has 0 bridgehead atoms. The highest BCUT2D eigenvalue weighted by atomic mass is 19.1. The molecule has 2 heterocycles. The van der Waals surface area contributed by atoms with Gasteiger partial charge in [0.15, 0.2) is 5.82 Å². The summed E-state index contributed by atoms with van der Waals surface area (Å²) in [5.41, 5.74) is 0.394. The van der Waals surface area contributed by atoms with Crippen molar-refractivity contribution in [2.24, 2.45) is 0 Å². The summed E-state index contributed by atoms with van der Waals surface area (Å²) in [6.07, 6.45) is 4.88. The van der Waals surface area contributed by atoms with Crippen LogP contribution >= 0.6 is 0 Å². The van der Waals surface area contributed by atoms with E-state index in [0.29, 0.717) is 30.4 Å². The van der Waals surface area contributed by atoms with Gasteiger partial charge in [0.1, 0.15) is 18.0 Å². The summed E-state index contributed by atoms with van der Waals surface area (Å²) in [5.74, 6) is 0.850. The van der Waals surface area contributed by atoms with Gasteiger partial charge in [-0.1, -0.05) is 6.07 Å². The zero-order valence-corrected chi connectivity index (χ0v) is 13.2. The van der Waals surface area contributed by atoms with E-state index < -0.39 is 11.8 Å². The van der Waals surface area contributed by atoms with E-state index in [1.54, 1.807) is 35.3 Å². The number of hydrogen-bond acceptors (Lipinski definition) is 5. The van der Waals surface area contributed by atoms with Gasteiger partial charge in [0.25, 0.3) is 0 Å². The van der Waals surface area contributed by atoms with Crippen LogP contribution in [0.1, 0.15) is 0 Å². The number of carbonyl (C=O) groups is 1. The quantitative estimate of drug-likeness (QED) is 0.596. The Labute approximate surface area is 143 Å². The number of amides is 2. The second-order valence-electron chi connectivity index (χ2n) is 5.03. The van der Waals surface area contributed by atoms with E-state index in [2.05, 4.69) is 31.0 Å². The molecule has 2 amide bonds. The summed E-state index contributed by atoms with van der Waals surface area (Å²) in [4.78, 5) is 20.0. The minimum atomic E-state index is -0.410. The zero-order valence-electron chi connectivity index (χ0n) is 13.2. The lowest BCUT2D eigenvalue weighted by Gasteiger charge is -2.09. The Kier molecular flexibility index (Phi) is 5.15. The lowest BCUT2D eigenvalue weighted by Crippen LogP contribution is -2.32. The first-order valence-corrected chi connectivity index (χ1v) is 7.57. The van der Waals surface area contributed by atoms with Crippen molar-refractivity contribution in [3.63, 3.8) is 0 Å². The number of rotatable bonds is 6. The molecule has 0 saturated heterocycles. The molecule has 0 aliphatic rings. The van der Waals surface area contributed by atoms with Gasteiger partial charge in [-0.2, -0.15) is 5.10 Å². The fraction of sp³-hybridized carbons (Fsp3) is 0.125. The molecule has 0 aliphatic carbocycles. The van der Waals surface area contributed by atoms with Gasteiger partial charge in [-0.15, -0.1) is 0 Å². The van der Waals surface area contributed by atoms with Gasteiger partial charge in [-0.25, -0.2) is 23.8 Å². The first-order valence-electron chi connectivity index (χ1n) is 7.57. The molecular weight excluding hydrogens is 325 g/mol. The van der Waals surface area contributed by atoms with Gasteiger partial charge in [-0.05, 0) is 24.3 Å².